The van der Waals surface area contributed by atoms with Crippen molar-refractivity contribution in [3.05, 3.63) is 93.5 Å². The average molecular weight is 827 g/mol. The first-order valence-electron chi connectivity index (χ1n) is 25.5. The molecule has 9 aromatic rings. The highest BCUT2D eigenvalue weighted by Gasteiger charge is 2.60. The van der Waals surface area contributed by atoms with Gasteiger partial charge in [0.15, 0.2) is 0 Å². The Morgan fingerprint density at radius 3 is 1.76 bits per heavy atom. The molecule has 0 radical (unpaired) electrons. The third-order valence-electron chi connectivity index (χ3n) is 21.1. The fourth-order valence-electron chi connectivity index (χ4n) is 18.0. The molecule has 2 unspecified atom stereocenters. The lowest BCUT2D eigenvalue weighted by atomic mass is 9.58. The summed E-state index contributed by atoms with van der Waals surface area (Å²) >= 11 is 0. The molecule has 4 aromatic heterocycles. The van der Waals surface area contributed by atoms with E-state index < -0.39 is 0 Å². The molecule has 5 aromatic carbocycles. The van der Waals surface area contributed by atoms with Crippen LogP contribution in [-0.2, 0) is 32.5 Å². The zero-order chi connectivity index (χ0) is 42.9. The van der Waals surface area contributed by atoms with E-state index in [2.05, 4.69) is 133 Å². The predicted octanol–water partition coefficient (Wildman–Crippen LogP) is 16.8. The van der Waals surface area contributed by atoms with E-state index >= 15 is 0 Å². The van der Waals surface area contributed by atoms with Crippen LogP contribution < -0.4 is 0 Å². The summed E-state index contributed by atoms with van der Waals surface area (Å²) in [5.41, 5.74) is 21.7. The van der Waals surface area contributed by atoms with Gasteiger partial charge in [0.25, 0.3) is 0 Å². The third-order valence-corrected chi connectivity index (χ3v) is 21.1. The molecular formula is C61H66N2. The maximum atomic E-state index is 2.77. The van der Waals surface area contributed by atoms with Gasteiger partial charge in [-0.3, -0.25) is 0 Å². The number of hydrogen-bond acceptors (Lipinski definition) is 0. The zero-order valence-electron chi connectivity index (χ0n) is 39.9. The molecule has 2 nitrogen and oxygen atoms in total. The minimum absolute atomic E-state index is 0.0362. The molecule has 2 heteroatoms. The molecule has 0 amide bonds. The number of aromatic nitrogens is 2. The number of nitrogens with zero attached hydrogens (tertiary/aromatic N) is 2. The van der Waals surface area contributed by atoms with Crippen LogP contribution in [0.15, 0.2) is 54.6 Å². The Labute approximate surface area is 373 Å². The van der Waals surface area contributed by atoms with Gasteiger partial charge in [0, 0.05) is 43.1 Å². The summed E-state index contributed by atoms with van der Waals surface area (Å²) < 4.78 is 5.55. The average Bonchev–Trinajstić information content (AvgIpc) is 4.12. The van der Waals surface area contributed by atoms with Crippen molar-refractivity contribution in [2.75, 3.05) is 0 Å². The van der Waals surface area contributed by atoms with Crippen LogP contribution in [0.2, 0.25) is 0 Å². The second-order valence-electron chi connectivity index (χ2n) is 26.2. The van der Waals surface area contributed by atoms with Crippen molar-refractivity contribution in [2.45, 2.75) is 191 Å². The monoisotopic (exact) mass is 827 g/mol. The number of benzene rings is 5. The molecule has 0 aliphatic heterocycles. The van der Waals surface area contributed by atoms with Gasteiger partial charge < -0.3 is 8.80 Å². The summed E-state index contributed by atoms with van der Waals surface area (Å²) in [7, 11) is 0. The lowest BCUT2D eigenvalue weighted by molar-refractivity contribution is 0.231. The van der Waals surface area contributed by atoms with Gasteiger partial charge in [-0.05, 0) is 183 Å². The van der Waals surface area contributed by atoms with Crippen LogP contribution in [0, 0.1) is 5.41 Å². The van der Waals surface area contributed by atoms with Gasteiger partial charge in [0.1, 0.15) is 0 Å². The number of rotatable bonds is 0. The topological polar surface area (TPSA) is 8.82 Å². The third kappa shape index (κ3) is 3.92. The smallest absolute Gasteiger partial charge is 0.0623 e. The van der Waals surface area contributed by atoms with Crippen molar-refractivity contribution in [3.63, 3.8) is 0 Å². The lowest BCUT2D eigenvalue weighted by Crippen LogP contribution is -2.38. The van der Waals surface area contributed by atoms with Gasteiger partial charge in [-0.2, -0.15) is 0 Å². The molecule has 0 N–H and O–H groups in total. The van der Waals surface area contributed by atoms with E-state index in [1.54, 1.807) is 49.5 Å². The minimum Gasteiger partial charge on any atom is -0.308 e. The molecule has 320 valence electrons. The first-order valence-corrected chi connectivity index (χ1v) is 25.5. The fourth-order valence-corrected chi connectivity index (χ4v) is 18.0. The highest BCUT2D eigenvalue weighted by molar-refractivity contribution is 6.30. The van der Waals surface area contributed by atoms with Crippen LogP contribution in [0.1, 0.15) is 198 Å². The minimum atomic E-state index is 0.0362. The van der Waals surface area contributed by atoms with Gasteiger partial charge in [-0.1, -0.05) is 107 Å². The van der Waals surface area contributed by atoms with E-state index in [0.29, 0.717) is 16.7 Å². The Kier molecular flexibility index (Phi) is 6.28. The molecule has 6 aliphatic rings. The van der Waals surface area contributed by atoms with Crippen molar-refractivity contribution in [1.82, 2.24) is 8.80 Å². The van der Waals surface area contributed by atoms with Crippen LogP contribution in [0.4, 0.5) is 0 Å². The maximum absolute atomic E-state index is 2.77. The Bertz CT molecular complexity index is 3570. The molecule has 2 atom stereocenters. The molecule has 2 spiro atoms. The molecule has 4 heterocycles. The van der Waals surface area contributed by atoms with Gasteiger partial charge in [0.05, 0.1) is 33.1 Å². The summed E-state index contributed by atoms with van der Waals surface area (Å²) in [5.74, 6) is 0.598. The number of fused-ring (bicyclic) bond motifs is 24. The Morgan fingerprint density at radius 1 is 0.492 bits per heavy atom. The quantitative estimate of drug-likeness (QED) is 0.144. The molecular weight excluding hydrogens is 761 g/mol. The largest absolute Gasteiger partial charge is 0.308 e. The second kappa shape index (κ2) is 10.7. The molecule has 63 heavy (non-hydrogen) atoms. The van der Waals surface area contributed by atoms with E-state index in [4.69, 9.17) is 0 Å². The first-order chi connectivity index (χ1) is 29.9. The van der Waals surface area contributed by atoms with Gasteiger partial charge in [0.2, 0.25) is 0 Å². The maximum Gasteiger partial charge on any atom is 0.0623 e. The van der Waals surface area contributed by atoms with Crippen molar-refractivity contribution >= 4 is 76.2 Å². The van der Waals surface area contributed by atoms with Crippen molar-refractivity contribution < 1.29 is 0 Å². The Balaban J connectivity index is 1.13. The second-order valence-corrected chi connectivity index (χ2v) is 26.2. The van der Waals surface area contributed by atoms with Crippen LogP contribution in [0.5, 0.6) is 0 Å². The van der Waals surface area contributed by atoms with E-state index in [1.165, 1.54) is 149 Å². The SMILES string of the molecule is CC(C)(C)c1cc2c3cc4c(cc3n3c5ccc6c(c5c(c1)c23)C1(CCCC1)CCC61CCCC1)c1cc2c(c3c5c6c(ccc5n4c13)C1(C)CCC6C1(C)C)C(C)(C)CC2(C)C. The van der Waals surface area contributed by atoms with E-state index in [0.717, 1.165) is 0 Å². The Hall–Kier alpha value is -4.30. The molecule has 2 bridgehead atoms. The van der Waals surface area contributed by atoms with Crippen LogP contribution >= 0.6 is 0 Å². The zero-order valence-corrected chi connectivity index (χ0v) is 39.9. The molecule has 3 fully saturated rings. The summed E-state index contributed by atoms with van der Waals surface area (Å²) in [6.07, 6.45) is 17.6. The molecule has 3 saturated carbocycles. The first kappa shape index (κ1) is 37.0. The van der Waals surface area contributed by atoms with Gasteiger partial charge in [-0.25, -0.2) is 0 Å². The summed E-state index contributed by atoms with van der Waals surface area (Å²) in [6, 6.07) is 23.8. The van der Waals surface area contributed by atoms with E-state index in [-0.39, 0.29) is 27.1 Å². The summed E-state index contributed by atoms with van der Waals surface area (Å²) in [4.78, 5) is 0. The highest BCUT2D eigenvalue weighted by atomic mass is 14.9. The lowest BCUT2D eigenvalue weighted by Gasteiger charge is -2.46. The number of hydrogen-bond donors (Lipinski definition) is 0. The predicted molar refractivity (Wildman–Crippen MR) is 268 cm³/mol. The molecule has 0 saturated heterocycles. The van der Waals surface area contributed by atoms with Gasteiger partial charge in [-0.15, -0.1) is 0 Å². The van der Waals surface area contributed by atoms with Crippen molar-refractivity contribution in [2.24, 2.45) is 5.41 Å². The Morgan fingerprint density at radius 2 is 1.08 bits per heavy atom. The van der Waals surface area contributed by atoms with E-state index in [1.807, 2.05) is 0 Å². The van der Waals surface area contributed by atoms with Gasteiger partial charge >= 0.3 is 0 Å². The van der Waals surface area contributed by atoms with Crippen LogP contribution in [-0.4, -0.2) is 8.80 Å². The fraction of sp³-hybridized carbons (Fsp3) is 0.508. The normalized spacial score (nSPS) is 26.3. The van der Waals surface area contributed by atoms with Crippen LogP contribution in [0.25, 0.3) is 76.2 Å². The summed E-state index contributed by atoms with van der Waals surface area (Å²) in [5, 5.41) is 12.1. The highest BCUT2D eigenvalue weighted by Crippen LogP contribution is 2.70. The summed E-state index contributed by atoms with van der Waals surface area (Å²) in [6.45, 7) is 25.3. The standard InChI is InChI=1S/C61H66N2/c1-55(2,3)33-27-36-34-30-46-35(31-45(34)62-43-18-16-41-52(47(43)38(28-33)53(36)62)61(22-13-14-23-61)26-25-60(41)20-11-12-21-60)37-29-42-51(57(6,7)32-56(42,4)5)50-49-44(63(46)54(37)50)17-15-40-48(49)39-19-24-59(40,10)58(39,8)9/h15-18,27-31,39H,11-14,19-26,32H2,1-10H3. The van der Waals surface area contributed by atoms with E-state index in [9.17, 15) is 0 Å². The van der Waals surface area contributed by atoms with Crippen molar-refractivity contribution in [3.8, 4) is 0 Å². The van der Waals surface area contributed by atoms with Crippen molar-refractivity contribution in [1.29, 1.82) is 0 Å². The molecule has 6 aliphatic carbocycles. The van der Waals surface area contributed by atoms with Crippen LogP contribution in [0.3, 0.4) is 0 Å². The molecule has 15 rings (SSSR count).